The molecule has 7 heteroatoms. The number of benzene rings is 3. The maximum absolute atomic E-state index is 13.4. The molecule has 33 heavy (non-hydrogen) atoms. The van der Waals surface area contributed by atoms with Gasteiger partial charge in [-0.2, -0.15) is 4.72 Å². The van der Waals surface area contributed by atoms with Crippen molar-refractivity contribution in [2.75, 3.05) is 12.4 Å². The van der Waals surface area contributed by atoms with Crippen LogP contribution in [0.5, 0.6) is 5.75 Å². The molecule has 0 aliphatic heterocycles. The van der Waals surface area contributed by atoms with E-state index in [4.69, 9.17) is 4.74 Å². The number of amides is 1. The Morgan fingerprint density at radius 2 is 1.55 bits per heavy atom. The number of ether oxygens (including phenoxy) is 1. The van der Waals surface area contributed by atoms with Gasteiger partial charge < -0.3 is 10.1 Å². The maximum atomic E-state index is 13.4. The van der Waals surface area contributed by atoms with Crippen LogP contribution in [-0.2, 0) is 21.2 Å². The Balaban J connectivity index is 1.97. The van der Waals surface area contributed by atoms with Gasteiger partial charge in [0.2, 0.25) is 15.9 Å². The lowest BCUT2D eigenvalue weighted by atomic mass is 10.1. The summed E-state index contributed by atoms with van der Waals surface area (Å²) in [6.45, 7) is 7.35. The van der Waals surface area contributed by atoms with E-state index in [0.717, 1.165) is 16.7 Å². The smallest absolute Gasteiger partial charge is 0.243 e. The van der Waals surface area contributed by atoms with Gasteiger partial charge in [-0.05, 0) is 68.5 Å². The molecule has 3 aromatic rings. The molecular weight excluding hydrogens is 436 g/mol. The number of methoxy groups -OCH3 is 1. The summed E-state index contributed by atoms with van der Waals surface area (Å²) in [4.78, 5) is 13.5. The Morgan fingerprint density at radius 1 is 0.909 bits per heavy atom. The number of rotatable bonds is 8. The van der Waals surface area contributed by atoms with Crippen molar-refractivity contribution in [2.24, 2.45) is 0 Å². The Labute approximate surface area is 196 Å². The van der Waals surface area contributed by atoms with Crippen LogP contribution in [0.1, 0.15) is 27.8 Å². The average Bonchev–Trinajstić information content (AvgIpc) is 2.73. The number of hydrogen-bond acceptors (Lipinski definition) is 4. The minimum absolute atomic E-state index is 0.198. The third kappa shape index (κ3) is 6.00. The third-order valence-corrected chi connectivity index (χ3v) is 7.16. The quantitative estimate of drug-likeness (QED) is 0.513. The van der Waals surface area contributed by atoms with E-state index in [1.54, 1.807) is 26.0 Å². The van der Waals surface area contributed by atoms with Crippen molar-refractivity contribution in [2.45, 2.75) is 45.1 Å². The summed E-state index contributed by atoms with van der Waals surface area (Å²) in [5.74, 6) is 0.0363. The zero-order valence-corrected chi connectivity index (χ0v) is 20.4. The maximum Gasteiger partial charge on any atom is 0.243 e. The zero-order chi connectivity index (χ0) is 24.2. The molecule has 0 aromatic heterocycles. The molecule has 0 unspecified atom stereocenters. The molecule has 1 atom stereocenters. The van der Waals surface area contributed by atoms with Gasteiger partial charge in [-0.1, -0.05) is 54.1 Å². The summed E-state index contributed by atoms with van der Waals surface area (Å²) in [6, 6.07) is 17.4. The molecule has 0 radical (unpaired) electrons. The van der Waals surface area contributed by atoms with E-state index in [-0.39, 0.29) is 11.3 Å². The Bertz CT molecular complexity index is 1230. The van der Waals surface area contributed by atoms with E-state index < -0.39 is 22.0 Å². The van der Waals surface area contributed by atoms with Crippen LogP contribution in [0, 0.1) is 27.7 Å². The van der Waals surface area contributed by atoms with Gasteiger partial charge in [0.25, 0.3) is 0 Å². The summed E-state index contributed by atoms with van der Waals surface area (Å²) in [5, 5.41) is 2.84. The first-order chi connectivity index (χ1) is 15.6. The van der Waals surface area contributed by atoms with Crippen LogP contribution in [0.25, 0.3) is 0 Å². The second-order valence-electron chi connectivity index (χ2n) is 8.28. The molecule has 0 heterocycles. The second-order valence-corrected chi connectivity index (χ2v) is 9.94. The number of aryl methyl sites for hydroxylation is 4. The predicted molar refractivity (Wildman–Crippen MR) is 131 cm³/mol. The lowest BCUT2D eigenvalue weighted by Crippen LogP contribution is -2.45. The summed E-state index contributed by atoms with van der Waals surface area (Å²) < 4.78 is 34.8. The van der Waals surface area contributed by atoms with Crippen LogP contribution >= 0.6 is 0 Å². The molecule has 3 rings (SSSR count). The van der Waals surface area contributed by atoms with Crippen molar-refractivity contribution in [1.29, 1.82) is 0 Å². The van der Waals surface area contributed by atoms with Crippen molar-refractivity contribution in [3.8, 4) is 5.75 Å². The third-order valence-electron chi connectivity index (χ3n) is 5.38. The molecule has 2 N–H and O–H groups in total. The molecule has 0 aliphatic carbocycles. The Kier molecular flexibility index (Phi) is 7.56. The van der Waals surface area contributed by atoms with E-state index >= 15 is 0 Å². The van der Waals surface area contributed by atoms with Crippen molar-refractivity contribution in [3.63, 3.8) is 0 Å². The van der Waals surface area contributed by atoms with Gasteiger partial charge in [0.1, 0.15) is 11.8 Å². The first-order valence-corrected chi connectivity index (χ1v) is 12.2. The van der Waals surface area contributed by atoms with E-state index in [2.05, 4.69) is 10.0 Å². The molecule has 1 amide bonds. The number of nitrogens with one attached hydrogen (secondary N) is 2. The van der Waals surface area contributed by atoms with Gasteiger partial charge in [0.05, 0.1) is 17.7 Å². The van der Waals surface area contributed by atoms with E-state index in [1.165, 1.54) is 7.11 Å². The number of carbonyl (C=O) groups is 1. The van der Waals surface area contributed by atoms with Crippen molar-refractivity contribution < 1.29 is 17.9 Å². The van der Waals surface area contributed by atoms with Crippen molar-refractivity contribution in [1.82, 2.24) is 4.72 Å². The molecule has 0 fully saturated rings. The van der Waals surface area contributed by atoms with Gasteiger partial charge in [-0.15, -0.1) is 0 Å². The first-order valence-electron chi connectivity index (χ1n) is 10.7. The SMILES string of the molecule is COc1ccc(C)cc1NC(=O)[C@@H](Cc1ccccc1)NS(=O)(=O)c1c(C)cc(C)cc1C. The molecule has 0 spiro atoms. The molecule has 0 saturated heterocycles. The molecular formula is C26H30N2O4S. The van der Waals surface area contributed by atoms with Gasteiger partial charge >= 0.3 is 0 Å². The summed E-state index contributed by atoms with van der Waals surface area (Å²) >= 11 is 0. The lowest BCUT2D eigenvalue weighted by Gasteiger charge is -2.21. The monoisotopic (exact) mass is 466 g/mol. The van der Waals surface area contributed by atoms with Crippen molar-refractivity contribution >= 4 is 21.6 Å². The highest BCUT2D eigenvalue weighted by Crippen LogP contribution is 2.26. The largest absolute Gasteiger partial charge is 0.495 e. The predicted octanol–water partition coefficient (Wildman–Crippen LogP) is 4.46. The molecule has 3 aromatic carbocycles. The van der Waals surface area contributed by atoms with Crippen LogP contribution in [0.4, 0.5) is 5.69 Å². The van der Waals surface area contributed by atoms with Gasteiger partial charge in [-0.3, -0.25) is 4.79 Å². The van der Waals surface area contributed by atoms with Crippen LogP contribution in [0.2, 0.25) is 0 Å². The standard InChI is InChI=1S/C26H30N2O4S/c1-17-11-12-24(32-5)22(15-17)27-26(29)23(16-21-9-7-6-8-10-21)28-33(30,31)25-19(3)13-18(2)14-20(25)4/h6-15,23,28H,16H2,1-5H3,(H,27,29)/t23-/m1/s1. The van der Waals surface area contributed by atoms with Crippen LogP contribution < -0.4 is 14.8 Å². The summed E-state index contributed by atoms with van der Waals surface area (Å²) in [5.41, 5.74) is 4.53. The first kappa shape index (κ1) is 24.5. The van der Waals surface area contributed by atoms with Crippen molar-refractivity contribution in [3.05, 3.63) is 88.5 Å². The fraction of sp³-hybridized carbons (Fsp3) is 0.269. The normalized spacial score (nSPS) is 12.3. The summed E-state index contributed by atoms with van der Waals surface area (Å²) in [6.07, 6.45) is 0.198. The average molecular weight is 467 g/mol. The highest BCUT2D eigenvalue weighted by molar-refractivity contribution is 7.89. The van der Waals surface area contributed by atoms with Gasteiger partial charge in [0.15, 0.2) is 0 Å². The zero-order valence-electron chi connectivity index (χ0n) is 19.6. The molecule has 0 aliphatic rings. The lowest BCUT2D eigenvalue weighted by molar-refractivity contribution is -0.117. The molecule has 6 nitrogen and oxygen atoms in total. The highest BCUT2D eigenvalue weighted by Gasteiger charge is 2.29. The number of anilines is 1. The highest BCUT2D eigenvalue weighted by atomic mass is 32.2. The van der Waals surface area contributed by atoms with Crippen LogP contribution in [0.15, 0.2) is 65.6 Å². The van der Waals surface area contributed by atoms with Crippen LogP contribution in [0.3, 0.4) is 0 Å². The van der Waals surface area contributed by atoms with Gasteiger partial charge in [0, 0.05) is 0 Å². The molecule has 0 bridgehead atoms. The Hall–Kier alpha value is -3.16. The Morgan fingerprint density at radius 3 is 2.15 bits per heavy atom. The van der Waals surface area contributed by atoms with E-state index in [0.29, 0.717) is 22.6 Å². The molecule has 174 valence electrons. The van der Waals surface area contributed by atoms with Gasteiger partial charge in [-0.25, -0.2) is 8.42 Å². The number of hydrogen-bond donors (Lipinski definition) is 2. The summed E-state index contributed by atoms with van der Waals surface area (Å²) in [7, 11) is -2.44. The topological polar surface area (TPSA) is 84.5 Å². The minimum atomic E-state index is -3.96. The fourth-order valence-electron chi connectivity index (χ4n) is 4.01. The van der Waals surface area contributed by atoms with E-state index in [9.17, 15) is 13.2 Å². The second kappa shape index (κ2) is 10.2. The number of sulfonamides is 1. The number of carbonyl (C=O) groups excluding carboxylic acids is 1. The van der Waals surface area contributed by atoms with Crippen LogP contribution in [-0.4, -0.2) is 27.5 Å². The molecule has 0 saturated carbocycles. The minimum Gasteiger partial charge on any atom is -0.495 e. The fourth-order valence-corrected chi connectivity index (χ4v) is 5.66. The van der Waals surface area contributed by atoms with E-state index in [1.807, 2.05) is 62.4 Å².